The lowest BCUT2D eigenvalue weighted by atomic mass is 9.50. The number of allylic oxidation sites excluding steroid dienone is 2. The number of aryl methyl sites for hydroxylation is 2. The van der Waals surface area contributed by atoms with Crippen molar-refractivity contribution in [2.24, 2.45) is 5.92 Å². The van der Waals surface area contributed by atoms with E-state index in [0.717, 1.165) is 121 Å². The lowest BCUT2D eigenvalue weighted by molar-refractivity contribution is -0.170. The van der Waals surface area contributed by atoms with Gasteiger partial charge in [0.25, 0.3) is 0 Å². The first-order valence-electron chi connectivity index (χ1n) is 39.0. The van der Waals surface area contributed by atoms with E-state index in [4.69, 9.17) is 33.2 Å². The zero-order valence-corrected chi connectivity index (χ0v) is 63.2. The molecule has 4 aromatic carbocycles. The van der Waals surface area contributed by atoms with Gasteiger partial charge in [0, 0.05) is 60.5 Å². The summed E-state index contributed by atoms with van der Waals surface area (Å²) in [7, 11) is 6.26. The Morgan fingerprint density at radius 3 is 1.37 bits per heavy atom. The van der Waals surface area contributed by atoms with E-state index in [1.807, 2.05) is 82.3 Å². The van der Waals surface area contributed by atoms with Crippen molar-refractivity contribution in [1.29, 1.82) is 0 Å². The Labute approximate surface area is 622 Å². The molecule has 0 amide bonds. The third-order valence-electron chi connectivity index (χ3n) is 26.1. The summed E-state index contributed by atoms with van der Waals surface area (Å²) < 4.78 is 68.5. The Balaban J connectivity index is 0.000000138. The van der Waals surface area contributed by atoms with Gasteiger partial charge < -0.3 is 63.5 Å². The summed E-state index contributed by atoms with van der Waals surface area (Å²) in [6.45, 7) is 14.5. The summed E-state index contributed by atoms with van der Waals surface area (Å²) in [6, 6.07) is 21.9. The first-order valence-corrected chi connectivity index (χ1v) is 39.0. The molecule has 17 nitrogen and oxygen atoms in total. The second kappa shape index (κ2) is 30.3. The van der Waals surface area contributed by atoms with E-state index in [9.17, 15) is 48.0 Å². The Hall–Kier alpha value is -7.33. The predicted octanol–water partition coefficient (Wildman–Crippen LogP) is 14.1. The van der Waals surface area contributed by atoms with Crippen molar-refractivity contribution >= 4 is 24.2 Å². The number of unbranched alkanes of at least 4 members (excludes halogenated alkanes) is 11. The van der Waals surface area contributed by atoms with Crippen molar-refractivity contribution in [2.75, 3.05) is 40.8 Å². The van der Waals surface area contributed by atoms with E-state index in [2.05, 4.69) is 86.1 Å². The summed E-state index contributed by atoms with van der Waals surface area (Å²) in [4.78, 5) is 53.8. The largest absolute Gasteiger partial charge is 0.504 e. The smallest absolute Gasteiger partial charge is 0.446 e. The number of alkyl halides is 3. The van der Waals surface area contributed by atoms with Crippen molar-refractivity contribution in [3.8, 4) is 23.0 Å². The van der Waals surface area contributed by atoms with E-state index >= 15 is 0 Å². The molecular weight excluding hydrogens is 1360 g/mol. The molecule has 106 heavy (non-hydrogen) atoms. The third kappa shape index (κ3) is 13.0. The van der Waals surface area contributed by atoms with Crippen LogP contribution in [0.5, 0.6) is 23.0 Å². The molecule has 12 aliphatic rings. The van der Waals surface area contributed by atoms with Gasteiger partial charge in [0.2, 0.25) is 6.29 Å². The molecule has 6 aliphatic carbocycles. The predicted molar refractivity (Wildman–Crippen MR) is 395 cm³/mol. The highest BCUT2D eigenvalue weighted by molar-refractivity contribution is 5.79. The Morgan fingerprint density at radius 1 is 0.547 bits per heavy atom. The zero-order chi connectivity index (χ0) is 75.5. The van der Waals surface area contributed by atoms with E-state index in [1.54, 1.807) is 6.07 Å². The van der Waals surface area contributed by atoms with E-state index in [0.29, 0.717) is 61.6 Å². The fourth-order valence-electron chi connectivity index (χ4n) is 20.4. The number of rotatable bonds is 21. The van der Waals surface area contributed by atoms with E-state index in [1.165, 1.54) is 68.9 Å². The van der Waals surface area contributed by atoms with Gasteiger partial charge in [-0.1, -0.05) is 145 Å². The zero-order valence-electron chi connectivity index (χ0n) is 63.2. The number of halogens is 3. The van der Waals surface area contributed by atoms with Crippen LogP contribution >= 0.6 is 0 Å². The van der Waals surface area contributed by atoms with Crippen LogP contribution in [0.15, 0.2) is 114 Å². The fraction of sp³-hybridized carbons (Fsp3) is 0.581. The van der Waals surface area contributed by atoms with Crippen molar-refractivity contribution in [1.82, 2.24) is 14.7 Å². The summed E-state index contributed by atoms with van der Waals surface area (Å²) >= 11 is 0. The van der Waals surface area contributed by atoms with Crippen molar-refractivity contribution in [2.45, 2.75) is 271 Å². The maximum absolute atomic E-state index is 13.1. The van der Waals surface area contributed by atoms with Gasteiger partial charge in [-0.25, -0.2) is 0 Å². The van der Waals surface area contributed by atoms with Crippen molar-refractivity contribution in [3.63, 3.8) is 0 Å². The van der Waals surface area contributed by atoms with E-state index < -0.39 is 63.8 Å². The summed E-state index contributed by atoms with van der Waals surface area (Å²) in [5.41, 5.74) is 5.19. The van der Waals surface area contributed by atoms with Crippen LogP contribution in [0.1, 0.15) is 212 Å². The topological polar surface area (TPSA) is 214 Å². The van der Waals surface area contributed by atoms with Gasteiger partial charge in [-0.2, -0.15) is 13.2 Å². The average Bonchev–Trinajstić information content (AvgIpc) is 1.46. The number of nitrogens with zero attached hydrogens (tertiary/aromatic N) is 3. The highest BCUT2D eigenvalue weighted by Gasteiger charge is 2.75. The number of ether oxygens (including phenoxy) is 6. The normalized spacial score (nSPS) is 30.6. The molecule has 6 bridgehead atoms. The molecule has 572 valence electrons. The number of esters is 3. The van der Waals surface area contributed by atoms with Gasteiger partial charge >= 0.3 is 24.1 Å². The van der Waals surface area contributed by atoms with Gasteiger partial charge in [0.1, 0.15) is 28.8 Å². The van der Waals surface area contributed by atoms with Gasteiger partial charge in [0.15, 0.2) is 29.8 Å². The van der Waals surface area contributed by atoms with Gasteiger partial charge in [-0.05, 0) is 190 Å². The van der Waals surface area contributed by atoms with Crippen LogP contribution in [0, 0.1) is 19.8 Å². The Morgan fingerprint density at radius 2 is 0.934 bits per heavy atom. The minimum Gasteiger partial charge on any atom is -0.504 e. The third-order valence-corrected chi connectivity index (χ3v) is 26.1. The molecule has 4 N–H and O–H groups in total. The quantitative estimate of drug-likeness (QED) is 0.0201. The van der Waals surface area contributed by atoms with Crippen LogP contribution in [0.4, 0.5) is 13.2 Å². The highest BCUT2D eigenvalue weighted by atomic mass is 19.4. The standard InChI is InChI=1S/C35H51NO5.C27H29NO4.C22H27NO4.C2HF3O/c1-3-4-5-6-7-8-9-10-11-12-13-14-15-16-17-18-30(38)40-28-21-22-35(39)29-25-26-19-20-27(37)32-31(26)34(35,33(28)41-32)23-24-36(29)2;1-16-9-10-19-15-21-27(30)12-11-20(31-25(29)17(2)18-7-5-4-6-8-18)24-26(27,13-14-28(21)3)22(19)23(16)32-24;1-12(2)20(24)26-15-7-8-22(25)16-11-14-6-5-13(3)18-17(14)21(22,19(15)27-18)9-10-23(16)4;3-2(4,5)1-6/h10-11,19-21,29,33,37,39H,3-9,12-18,22-25H2,1-2H3;4-11,17,21,24,30H,12-15H2,1-3H3;5-7,12,16,19,25H,8-11H2,1-4H3;1H/b11-10-;;;/t29-,33+,34+,35-;17-,21+,24-,26-,27+;16-,19+,21+,22-;/m101./s1. The number of likely N-dealkylation sites (tertiary alicyclic amines) is 3. The molecular formula is C86H108F3N3O14. The Kier molecular flexibility index (Phi) is 21.9. The summed E-state index contributed by atoms with van der Waals surface area (Å²) in [6.07, 6.45) is 25.3. The number of carbonyl (C=O) groups excluding carboxylic acids is 4. The Bertz CT molecular complexity index is 4120. The number of piperidine rings is 3. The molecule has 0 radical (unpaired) electrons. The number of hydrogen-bond acceptors (Lipinski definition) is 17. The van der Waals surface area contributed by atoms with Gasteiger partial charge in [-0.3, -0.25) is 19.2 Å². The number of likely N-dealkylation sites (N-methyl/N-ethyl adjacent to an activating group) is 3. The molecule has 0 saturated carbocycles. The molecule has 0 aromatic heterocycles. The maximum atomic E-state index is 13.1. The monoisotopic (exact) mass is 1460 g/mol. The first-order chi connectivity index (χ1) is 50.6. The van der Waals surface area contributed by atoms with Gasteiger partial charge in [-0.15, -0.1) is 0 Å². The average molecular weight is 1460 g/mol. The molecule has 3 saturated heterocycles. The minimum atomic E-state index is -4.64. The fourth-order valence-corrected chi connectivity index (χ4v) is 20.4. The number of phenolic OH excluding ortho intramolecular Hbond substituents is 1. The molecule has 13 atom stereocenters. The van der Waals surface area contributed by atoms with Crippen LogP contribution in [0.2, 0.25) is 0 Å². The number of benzene rings is 4. The van der Waals surface area contributed by atoms with Crippen LogP contribution in [0.3, 0.4) is 0 Å². The molecule has 20 heteroatoms. The number of carbonyl (C=O) groups is 4. The second-order valence-electron chi connectivity index (χ2n) is 32.5. The molecule has 4 aromatic rings. The number of aromatic hydroxyl groups is 1. The van der Waals surface area contributed by atoms with Crippen LogP contribution < -0.4 is 14.2 Å². The number of aldehydes is 1. The number of aliphatic hydroxyl groups is 3. The second-order valence-corrected chi connectivity index (χ2v) is 32.5. The number of hydrogen-bond donors (Lipinski definition) is 4. The lowest BCUT2D eigenvalue weighted by Gasteiger charge is -2.61. The molecule has 3 spiro atoms. The lowest BCUT2D eigenvalue weighted by Crippen LogP contribution is -2.74. The van der Waals surface area contributed by atoms with Gasteiger partial charge in [0.05, 0.1) is 44.9 Å². The first kappa shape index (κ1) is 76.9. The van der Waals surface area contributed by atoms with Crippen LogP contribution in [0.25, 0.3) is 0 Å². The van der Waals surface area contributed by atoms with E-state index in [-0.39, 0.29) is 53.6 Å². The molecule has 3 fully saturated rings. The summed E-state index contributed by atoms with van der Waals surface area (Å²) in [5, 5.41) is 47.1. The molecule has 0 unspecified atom stereocenters. The SMILES string of the molecule is CCCCCCCC/C=C\CCCCCCCC(=O)OC1=CC[C@@]2(O)[C@H]3Cc4ccc(O)c5c4[C@@]2(CCN3C)[C@H]1O5.Cc1ccc2c3c1O[C@H]1C(OC(=O)C(C)C)=CC[C@@]4(O)[C@@H](C2)N(C)CC[C@]314.Cc1ccc2c3c1O[C@H]1C(OC(=O)[C@@H](C)c4ccccc4)=CC[C@@]4(O)[C@@H](C2)N(C)CC[C@]314.O=CC(F)(F)F. The summed E-state index contributed by atoms with van der Waals surface area (Å²) in [5.74, 6) is 2.55. The molecule has 6 heterocycles. The minimum absolute atomic E-state index is 0.0141. The molecule has 6 aliphatic heterocycles. The van der Waals surface area contributed by atoms with Crippen molar-refractivity contribution < 1.29 is 81.2 Å². The maximum Gasteiger partial charge on any atom is 0.446 e. The van der Waals surface area contributed by atoms with Crippen molar-refractivity contribution in [3.05, 3.63) is 164 Å². The number of phenols is 1. The van der Waals surface area contributed by atoms with Crippen LogP contribution in [-0.2, 0) is 68.9 Å². The van der Waals surface area contributed by atoms with Crippen LogP contribution in [-0.4, -0.2) is 160 Å². The highest BCUT2D eigenvalue weighted by Crippen LogP contribution is 2.68. The molecule has 16 rings (SSSR count).